The van der Waals surface area contributed by atoms with Crippen molar-refractivity contribution in [1.82, 2.24) is 0 Å². The third kappa shape index (κ3) is 15.2. The van der Waals surface area contributed by atoms with Gasteiger partial charge in [-0.25, -0.2) is 0 Å². The topological polar surface area (TPSA) is 81.8 Å². The lowest BCUT2D eigenvalue weighted by atomic mass is 10.0. The van der Waals surface area contributed by atoms with Gasteiger partial charge in [0.1, 0.15) is 0 Å². The maximum Gasteiger partial charge on any atom is 0.305 e. The number of nitrogens with two attached hydrogens (primary N) is 1. The minimum atomic E-state index is -0.899. The van der Waals surface area contributed by atoms with E-state index in [2.05, 4.69) is 13.8 Å². The van der Waals surface area contributed by atoms with Crippen molar-refractivity contribution < 1.29 is 19.4 Å². The molecule has 1 aromatic carbocycles. The Hall–Kier alpha value is -1.75. The standard InChI is InChI=1S/C29H51NO4/c1-3-5-7-9-11-13-15-17-21-33-27-20-19-25(26(30)24-29(31)32)23-28(27)34-22-18-16-14-12-10-8-6-4-2/h19-20,23,26H,3-18,21-22,24,30H2,1-2H3,(H,31,32). The van der Waals surface area contributed by atoms with Gasteiger partial charge >= 0.3 is 5.97 Å². The smallest absolute Gasteiger partial charge is 0.305 e. The Bertz CT molecular complexity index is 635. The van der Waals surface area contributed by atoms with Gasteiger partial charge in [0, 0.05) is 6.04 Å². The normalized spacial score (nSPS) is 12.0. The first kappa shape index (κ1) is 30.3. The highest BCUT2D eigenvalue weighted by Crippen LogP contribution is 2.31. The lowest BCUT2D eigenvalue weighted by molar-refractivity contribution is -0.137. The van der Waals surface area contributed by atoms with Gasteiger partial charge in [-0.05, 0) is 30.5 Å². The van der Waals surface area contributed by atoms with Gasteiger partial charge in [-0.1, -0.05) is 110 Å². The Labute approximate surface area is 208 Å². The molecule has 0 fully saturated rings. The fraction of sp³-hybridized carbons (Fsp3) is 0.759. The van der Waals surface area contributed by atoms with Gasteiger partial charge in [0.25, 0.3) is 0 Å². The summed E-state index contributed by atoms with van der Waals surface area (Å²) in [5.74, 6) is 0.513. The van der Waals surface area contributed by atoms with E-state index in [4.69, 9.17) is 20.3 Å². The molecule has 0 aliphatic carbocycles. The molecule has 0 amide bonds. The Balaban J connectivity index is 2.46. The molecular formula is C29H51NO4. The highest BCUT2D eigenvalue weighted by molar-refractivity contribution is 5.68. The number of carboxylic acids is 1. The third-order valence-corrected chi connectivity index (χ3v) is 6.30. The minimum Gasteiger partial charge on any atom is -0.490 e. The van der Waals surface area contributed by atoms with E-state index in [0.29, 0.717) is 19.0 Å². The Morgan fingerprint density at radius 1 is 0.735 bits per heavy atom. The van der Waals surface area contributed by atoms with Crippen LogP contribution in [0, 0.1) is 0 Å². The van der Waals surface area contributed by atoms with Gasteiger partial charge in [-0.3, -0.25) is 4.79 Å². The first-order valence-corrected chi connectivity index (χ1v) is 13.9. The molecule has 3 N–H and O–H groups in total. The number of hydrogen-bond donors (Lipinski definition) is 2. The summed E-state index contributed by atoms with van der Waals surface area (Å²) in [5.41, 5.74) is 6.85. The van der Waals surface area contributed by atoms with Crippen LogP contribution in [0.4, 0.5) is 0 Å². The van der Waals surface area contributed by atoms with Crippen molar-refractivity contribution in [1.29, 1.82) is 0 Å². The molecule has 0 aromatic heterocycles. The Morgan fingerprint density at radius 3 is 1.65 bits per heavy atom. The summed E-state index contributed by atoms with van der Waals surface area (Å²) in [7, 11) is 0. The highest BCUT2D eigenvalue weighted by atomic mass is 16.5. The van der Waals surface area contributed by atoms with Gasteiger partial charge in [0.05, 0.1) is 19.6 Å². The molecule has 0 bridgehead atoms. The second kappa shape index (κ2) is 20.6. The summed E-state index contributed by atoms with van der Waals surface area (Å²) < 4.78 is 12.1. The van der Waals surface area contributed by atoms with E-state index in [1.165, 1.54) is 89.9 Å². The van der Waals surface area contributed by atoms with Crippen molar-refractivity contribution >= 4 is 5.97 Å². The van der Waals surface area contributed by atoms with Gasteiger partial charge in [0.15, 0.2) is 11.5 Å². The number of unbranched alkanes of at least 4 members (excludes halogenated alkanes) is 14. The number of benzene rings is 1. The predicted octanol–water partition coefficient (Wildman–Crippen LogP) is 8.20. The first-order chi connectivity index (χ1) is 16.6. The zero-order chi connectivity index (χ0) is 24.9. The SMILES string of the molecule is CCCCCCCCCCOc1ccc(C(N)CC(=O)O)cc1OCCCCCCCCCC. The zero-order valence-corrected chi connectivity index (χ0v) is 22.0. The number of rotatable bonds is 23. The summed E-state index contributed by atoms with van der Waals surface area (Å²) >= 11 is 0. The molecule has 0 aliphatic rings. The van der Waals surface area contributed by atoms with Crippen LogP contribution in [0.5, 0.6) is 11.5 Å². The van der Waals surface area contributed by atoms with Crippen LogP contribution in [-0.2, 0) is 4.79 Å². The second-order valence-electron chi connectivity index (χ2n) is 9.56. The van der Waals surface area contributed by atoms with Crippen molar-refractivity contribution in [2.24, 2.45) is 5.73 Å². The molecule has 0 heterocycles. The maximum absolute atomic E-state index is 11.1. The van der Waals surface area contributed by atoms with E-state index in [1.54, 1.807) is 0 Å². The minimum absolute atomic E-state index is 0.101. The third-order valence-electron chi connectivity index (χ3n) is 6.30. The summed E-state index contributed by atoms with van der Waals surface area (Å²) in [5, 5.41) is 9.07. The molecular weight excluding hydrogens is 426 g/mol. The van der Waals surface area contributed by atoms with Crippen LogP contribution >= 0.6 is 0 Å². The van der Waals surface area contributed by atoms with Gasteiger partial charge in [-0.15, -0.1) is 0 Å². The molecule has 1 rings (SSSR count). The molecule has 0 saturated carbocycles. The zero-order valence-electron chi connectivity index (χ0n) is 22.0. The van der Waals surface area contributed by atoms with Crippen molar-refractivity contribution in [3.63, 3.8) is 0 Å². The van der Waals surface area contributed by atoms with E-state index < -0.39 is 12.0 Å². The van der Waals surface area contributed by atoms with Crippen LogP contribution in [0.25, 0.3) is 0 Å². The van der Waals surface area contributed by atoms with Crippen LogP contribution in [0.2, 0.25) is 0 Å². The molecule has 1 unspecified atom stereocenters. The highest BCUT2D eigenvalue weighted by Gasteiger charge is 2.14. The van der Waals surface area contributed by atoms with E-state index in [1.807, 2.05) is 18.2 Å². The monoisotopic (exact) mass is 477 g/mol. The van der Waals surface area contributed by atoms with Gasteiger partial charge in [0.2, 0.25) is 0 Å². The number of carbonyl (C=O) groups is 1. The number of ether oxygens (including phenoxy) is 2. The molecule has 0 spiro atoms. The van der Waals surface area contributed by atoms with Crippen molar-refractivity contribution in [3.05, 3.63) is 23.8 Å². The van der Waals surface area contributed by atoms with Crippen molar-refractivity contribution in [2.75, 3.05) is 13.2 Å². The predicted molar refractivity (Wildman–Crippen MR) is 142 cm³/mol. The average molecular weight is 478 g/mol. The molecule has 34 heavy (non-hydrogen) atoms. The molecule has 0 saturated heterocycles. The molecule has 0 radical (unpaired) electrons. The van der Waals surface area contributed by atoms with E-state index in [-0.39, 0.29) is 6.42 Å². The molecule has 1 atom stereocenters. The Kier molecular flexibility index (Phi) is 18.4. The lowest BCUT2D eigenvalue weighted by Crippen LogP contribution is -2.15. The van der Waals surface area contributed by atoms with Crippen molar-refractivity contribution in [2.45, 2.75) is 129 Å². The first-order valence-electron chi connectivity index (χ1n) is 13.9. The number of carboxylic acid groups (broad SMARTS) is 1. The van der Waals surface area contributed by atoms with Crippen molar-refractivity contribution in [3.8, 4) is 11.5 Å². The number of aliphatic carboxylic acids is 1. The lowest BCUT2D eigenvalue weighted by Gasteiger charge is -2.16. The van der Waals surface area contributed by atoms with Crippen LogP contribution < -0.4 is 15.2 Å². The summed E-state index contributed by atoms with van der Waals surface area (Å²) in [4.78, 5) is 11.1. The van der Waals surface area contributed by atoms with Gasteiger partial charge in [-0.2, -0.15) is 0 Å². The Morgan fingerprint density at radius 2 is 1.18 bits per heavy atom. The van der Waals surface area contributed by atoms with Crippen LogP contribution in [-0.4, -0.2) is 24.3 Å². The largest absolute Gasteiger partial charge is 0.490 e. The van der Waals surface area contributed by atoms with E-state index in [0.717, 1.165) is 24.2 Å². The molecule has 1 aromatic rings. The quantitative estimate of drug-likeness (QED) is 0.155. The van der Waals surface area contributed by atoms with E-state index in [9.17, 15) is 4.79 Å². The molecule has 196 valence electrons. The van der Waals surface area contributed by atoms with E-state index >= 15 is 0 Å². The van der Waals surface area contributed by atoms with Crippen LogP contribution in [0.3, 0.4) is 0 Å². The summed E-state index contributed by atoms with van der Waals surface area (Å²) in [6.45, 7) is 5.80. The van der Waals surface area contributed by atoms with Gasteiger partial charge < -0.3 is 20.3 Å². The number of hydrogen-bond acceptors (Lipinski definition) is 4. The average Bonchev–Trinajstić information content (AvgIpc) is 2.82. The second-order valence-corrected chi connectivity index (χ2v) is 9.56. The van der Waals surface area contributed by atoms with Crippen LogP contribution in [0.1, 0.15) is 135 Å². The molecule has 5 heteroatoms. The fourth-order valence-corrected chi connectivity index (χ4v) is 4.13. The van der Waals surface area contributed by atoms with Crippen LogP contribution in [0.15, 0.2) is 18.2 Å². The molecule has 0 aliphatic heterocycles. The summed E-state index contributed by atoms with van der Waals surface area (Å²) in [6, 6.07) is 5.05. The molecule has 5 nitrogen and oxygen atoms in total. The fourth-order valence-electron chi connectivity index (χ4n) is 4.13. The summed E-state index contributed by atoms with van der Waals surface area (Å²) in [6.07, 6.45) is 20.0. The maximum atomic E-state index is 11.1.